The van der Waals surface area contributed by atoms with E-state index in [1.54, 1.807) is 12.1 Å². The zero-order valence-electron chi connectivity index (χ0n) is 14.1. The van der Waals surface area contributed by atoms with Gasteiger partial charge in [0.05, 0.1) is 13.2 Å². The largest absolute Gasteiger partial charge is 0.504 e. The predicted octanol–water partition coefficient (Wildman–Crippen LogP) is 1.40. The first-order valence-electron chi connectivity index (χ1n) is 8.66. The van der Waals surface area contributed by atoms with Crippen LogP contribution in [-0.4, -0.2) is 58.9 Å². The predicted molar refractivity (Wildman–Crippen MR) is 90.1 cm³/mol. The van der Waals surface area contributed by atoms with Crippen molar-refractivity contribution in [2.45, 2.75) is 44.2 Å². The van der Waals surface area contributed by atoms with E-state index in [9.17, 15) is 15.0 Å². The number of morpholine rings is 1. The van der Waals surface area contributed by atoms with E-state index >= 15 is 0 Å². The van der Waals surface area contributed by atoms with Crippen molar-refractivity contribution in [1.82, 2.24) is 10.2 Å². The molecule has 0 bridgehead atoms. The maximum Gasteiger partial charge on any atom is 0.240 e. The molecule has 3 rings (SSSR count). The first-order valence-corrected chi connectivity index (χ1v) is 8.66. The van der Waals surface area contributed by atoms with Gasteiger partial charge in [-0.05, 0) is 50.3 Å². The molecule has 0 spiro atoms. The van der Waals surface area contributed by atoms with Crippen molar-refractivity contribution < 1.29 is 19.7 Å². The molecule has 3 N–H and O–H groups in total. The van der Waals surface area contributed by atoms with Gasteiger partial charge >= 0.3 is 0 Å². The van der Waals surface area contributed by atoms with Crippen LogP contribution in [0, 0.1) is 0 Å². The molecule has 1 aromatic rings. The van der Waals surface area contributed by atoms with Crippen LogP contribution in [0.2, 0.25) is 0 Å². The summed E-state index contributed by atoms with van der Waals surface area (Å²) in [4.78, 5) is 15.2. The summed E-state index contributed by atoms with van der Waals surface area (Å²) in [5.41, 5.74) is 0.516. The Morgan fingerprint density at radius 3 is 2.58 bits per heavy atom. The van der Waals surface area contributed by atoms with E-state index in [1.807, 2.05) is 6.92 Å². The Labute approximate surface area is 142 Å². The Bertz CT molecular complexity index is 595. The highest BCUT2D eigenvalue weighted by molar-refractivity contribution is 5.87. The molecular formula is C18H26N2O4. The number of nitrogens with zero attached hydrogens (tertiary/aromatic N) is 1. The summed E-state index contributed by atoms with van der Waals surface area (Å²) in [6, 6.07) is 4.73. The van der Waals surface area contributed by atoms with Gasteiger partial charge in [0.15, 0.2) is 11.5 Å². The highest BCUT2D eigenvalue weighted by Crippen LogP contribution is 2.38. The number of carbonyl (C=O) groups excluding carboxylic acids is 1. The van der Waals surface area contributed by atoms with Gasteiger partial charge in [-0.25, -0.2) is 0 Å². The molecule has 2 aliphatic rings. The van der Waals surface area contributed by atoms with Gasteiger partial charge in [-0.3, -0.25) is 9.69 Å². The zero-order valence-corrected chi connectivity index (χ0v) is 14.1. The minimum absolute atomic E-state index is 0.0417. The SMILES string of the molecule is C[C@H](Cc1ccc(O)c(O)c1)NC(=O)C1(N2CCOCC2)CCC1. The van der Waals surface area contributed by atoms with E-state index in [1.165, 1.54) is 6.07 Å². The smallest absolute Gasteiger partial charge is 0.240 e. The summed E-state index contributed by atoms with van der Waals surface area (Å²) in [5.74, 6) is -0.155. The monoisotopic (exact) mass is 334 g/mol. The Morgan fingerprint density at radius 2 is 2.00 bits per heavy atom. The van der Waals surface area contributed by atoms with Gasteiger partial charge in [0, 0.05) is 19.1 Å². The maximum absolute atomic E-state index is 12.9. The highest BCUT2D eigenvalue weighted by Gasteiger charge is 2.49. The normalized spacial score (nSPS) is 21.7. The summed E-state index contributed by atoms with van der Waals surface area (Å²) in [6.07, 6.45) is 3.51. The Balaban J connectivity index is 1.61. The van der Waals surface area contributed by atoms with Gasteiger partial charge < -0.3 is 20.3 Å². The molecule has 0 radical (unpaired) electrons. The van der Waals surface area contributed by atoms with Crippen LogP contribution in [0.15, 0.2) is 18.2 Å². The number of ether oxygens (including phenoxy) is 1. The summed E-state index contributed by atoms with van der Waals surface area (Å²) < 4.78 is 5.41. The molecule has 6 heteroatoms. The molecule has 1 heterocycles. The van der Waals surface area contributed by atoms with E-state index < -0.39 is 0 Å². The van der Waals surface area contributed by atoms with Gasteiger partial charge in [-0.15, -0.1) is 0 Å². The molecule has 1 amide bonds. The number of amides is 1. The number of hydrogen-bond acceptors (Lipinski definition) is 5. The number of phenolic OH excluding ortho intramolecular Hbond substituents is 2. The van der Waals surface area contributed by atoms with Gasteiger partial charge in [0.2, 0.25) is 5.91 Å². The lowest BCUT2D eigenvalue weighted by atomic mass is 9.74. The molecule has 0 unspecified atom stereocenters. The molecule has 2 fully saturated rings. The summed E-state index contributed by atoms with van der Waals surface area (Å²) in [7, 11) is 0. The van der Waals surface area contributed by atoms with E-state index in [-0.39, 0.29) is 29.0 Å². The van der Waals surface area contributed by atoms with Crippen molar-refractivity contribution in [1.29, 1.82) is 0 Å². The molecule has 132 valence electrons. The molecule has 1 atom stereocenters. The minimum atomic E-state index is -0.366. The van der Waals surface area contributed by atoms with Crippen molar-refractivity contribution in [3.8, 4) is 11.5 Å². The number of aromatic hydroxyl groups is 2. The highest BCUT2D eigenvalue weighted by atomic mass is 16.5. The van der Waals surface area contributed by atoms with Crippen molar-refractivity contribution in [3.05, 3.63) is 23.8 Å². The second-order valence-corrected chi connectivity index (χ2v) is 6.89. The Kier molecular flexibility index (Phi) is 4.96. The average Bonchev–Trinajstić information content (AvgIpc) is 2.51. The number of nitrogens with one attached hydrogen (secondary N) is 1. The summed E-state index contributed by atoms with van der Waals surface area (Å²) in [5, 5.41) is 22.1. The fourth-order valence-corrected chi connectivity index (χ4v) is 3.65. The zero-order chi connectivity index (χ0) is 17.2. The molecule has 1 aliphatic carbocycles. The van der Waals surface area contributed by atoms with E-state index in [0.29, 0.717) is 19.6 Å². The molecular weight excluding hydrogens is 308 g/mol. The molecule has 6 nitrogen and oxygen atoms in total. The second kappa shape index (κ2) is 6.99. The summed E-state index contributed by atoms with van der Waals surface area (Å²) in [6.45, 7) is 4.98. The van der Waals surface area contributed by atoms with Crippen LogP contribution < -0.4 is 5.32 Å². The molecule has 1 saturated heterocycles. The van der Waals surface area contributed by atoms with Crippen LogP contribution in [0.4, 0.5) is 0 Å². The number of hydrogen-bond donors (Lipinski definition) is 3. The van der Waals surface area contributed by atoms with Gasteiger partial charge in [0.1, 0.15) is 5.54 Å². The first kappa shape index (κ1) is 17.0. The van der Waals surface area contributed by atoms with Crippen LogP contribution in [-0.2, 0) is 16.0 Å². The number of benzene rings is 1. The fourth-order valence-electron chi connectivity index (χ4n) is 3.65. The standard InChI is InChI=1S/C18H26N2O4/c1-13(11-14-3-4-15(21)16(22)12-14)19-17(23)18(5-2-6-18)20-7-9-24-10-8-20/h3-4,12-13,21-22H,2,5-11H2,1H3,(H,19,23)/t13-/m1/s1. The van der Waals surface area contributed by atoms with E-state index in [0.717, 1.165) is 37.9 Å². The van der Waals surface area contributed by atoms with Crippen molar-refractivity contribution in [2.75, 3.05) is 26.3 Å². The molecule has 1 saturated carbocycles. The quantitative estimate of drug-likeness (QED) is 0.709. The van der Waals surface area contributed by atoms with E-state index in [2.05, 4.69) is 10.2 Å². The maximum atomic E-state index is 12.9. The summed E-state index contributed by atoms with van der Waals surface area (Å²) >= 11 is 0. The molecule has 1 aliphatic heterocycles. The van der Waals surface area contributed by atoms with E-state index in [4.69, 9.17) is 4.74 Å². The third-order valence-electron chi connectivity index (χ3n) is 5.18. The lowest BCUT2D eigenvalue weighted by Crippen LogP contribution is -2.65. The third kappa shape index (κ3) is 3.35. The van der Waals surface area contributed by atoms with Crippen LogP contribution in [0.25, 0.3) is 0 Å². The fraction of sp³-hybridized carbons (Fsp3) is 0.611. The van der Waals surface area contributed by atoms with Crippen molar-refractivity contribution >= 4 is 5.91 Å². The topological polar surface area (TPSA) is 82.0 Å². The van der Waals surface area contributed by atoms with Gasteiger partial charge in [-0.2, -0.15) is 0 Å². The van der Waals surface area contributed by atoms with Crippen LogP contribution in [0.3, 0.4) is 0 Å². The molecule has 1 aromatic carbocycles. The van der Waals surface area contributed by atoms with Crippen LogP contribution >= 0.6 is 0 Å². The first-order chi connectivity index (χ1) is 11.5. The lowest BCUT2D eigenvalue weighted by molar-refractivity contribution is -0.145. The minimum Gasteiger partial charge on any atom is -0.504 e. The average molecular weight is 334 g/mol. The van der Waals surface area contributed by atoms with Crippen molar-refractivity contribution in [2.24, 2.45) is 0 Å². The van der Waals surface area contributed by atoms with Gasteiger partial charge in [0.25, 0.3) is 0 Å². The Hall–Kier alpha value is -1.79. The molecule has 24 heavy (non-hydrogen) atoms. The number of carbonyl (C=O) groups is 1. The van der Waals surface area contributed by atoms with Crippen LogP contribution in [0.1, 0.15) is 31.7 Å². The number of phenols is 2. The second-order valence-electron chi connectivity index (χ2n) is 6.89. The van der Waals surface area contributed by atoms with Crippen LogP contribution in [0.5, 0.6) is 11.5 Å². The molecule has 0 aromatic heterocycles. The Morgan fingerprint density at radius 1 is 1.29 bits per heavy atom. The lowest BCUT2D eigenvalue weighted by Gasteiger charge is -2.50. The van der Waals surface area contributed by atoms with Gasteiger partial charge in [-0.1, -0.05) is 6.07 Å². The van der Waals surface area contributed by atoms with Crippen molar-refractivity contribution in [3.63, 3.8) is 0 Å². The number of rotatable bonds is 5. The third-order valence-corrected chi connectivity index (χ3v) is 5.18.